The number of hydrogen-bond acceptors (Lipinski definition) is 5. The zero-order valence-electron chi connectivity index (χ0n) is 19.6. The molecular formula is C24H27FN4O4S. The highest BCUT2D eigenvalue weighted by Gasteiger charge is 2.29. The monoisotopic (exact) mass is 486 g/mol. The Balaban J connectivity index is 1.78. The lowest BCUT2D eigenvalue weighted by atomic mass is 10.2. The number of methoxy groups -OCH3 is 1. The van der Waals surface area contributed by atoms with Crippen molar-refractivity contribution >= 4 is 27.8 Å². The van der Waals surface area contributed by atoms with Crippen molar-refractivity contribution in [1.82, 2.24) is 9.99 Å². The molecule has 0 saturated heterocycles. The second-order valence-corrected chi connectivity index (χ2v) is 9.66. The number of carbonyl (C=O) groups is 1. The lowest BCUT2D eigenvalue weighted by molar-refractivity contribution is -0.121. The third-order valence-electron chi connectivity index (χ3n) is 5.35. The minimum absolute atomic E-state index is 0.317. The van der Waals surface area contributed by atoms with E-state index < -0.39 is 22.0 Å². The van der Waals surface area contributed by atoms with Gasteiger partial charge in [-0.2, -0.15) is 5.10 Å². The quantitative estimate of drug-likeness (QED) is 0.389. The molecule has 1 atom stereocenters. The van der Waals surface area contributed by atoms with E-state index >= 15 is 0 Å². The summed E-state index contributed by atoms with van der Waals surface area (Å²) in [6.45, 7) is 5.28. The number of anilines is 1. The number of benzene rings is 2. The number of amides is 1. The largest absolute Gasteiger partial charge is 0.497 e. The van der Waals surface area contributed by atoms with Gasteiger partial charge in [-0.3, -0.25) is 9.10 Å². The van der Waals surface area contributed by atoms with E-state index in [0.717, 1.165) is 33.2 Å². The van der Waals surface area contributed by atoms with Crippen LogP contribution in [0.5, 0.6) is 5.75 Å². The Kier molecular flexibility index (Phi) is 7.41. The number of nitrogens with one attached hydrogen (secondary N) is 1. The van der Waals surface area contributed by atoms with Gasteiger partial charge in [0.25, 0.3) is 5.91 Å². The maximum Gasteiger partial charge on any atom is 0.263 e. The molecule has 0 aliphatic rings. The highest BCUT2D eigenvalue weighted by molar-refractivity contribution is 7.92. The zero-order valence-corrected chi connectivity index (χ0v) is 20.4. The molecule has 8 nitrogen and oxygen atoms in total. The molecule has 3 aromatic rings. The molecule has 0 unspecified atom stereocenters. The van der Waals surface area contributed by atoms with Gasteiger partial charge >= 0.3 is 0 Å². The van der Waals surface area contributed by atoms with Crippen LogP contribution >= 0.6 is 0 Å². The van der Waals surface area contributed by atoms with Crippen molar-refractivity contribution in [3.63, 3.8) is 0 Å². The van der Waals surface area contributed by atoms with Crippen LogP contribution in [0.15, 0.2) is 59.7 Å². The summed E-state index contributed by atoms with van der Waals surface area (Å²) in [5, 5.41) is 4.03. The van der Waals surface area contributed by atoms with Gasteiger partial charge in [-0.15, -0.1) is 0 Å². The Morgan fingerprint density at radius 1 is 1.15 bits per heavy atom. The lowest BCUT2D eigenvalue weighted by Crippen LogP contribution is -2.46. The number of aromatic nitrogens is 1. The summed E-state index contributed by atoms with van der Waals surface area (Å²) in [7, 11) is -2.24. The predicted molar refractivity (Wildman–Crippen MR) is 131 cm³/mol. The van der Waals surface area contributed by atoms with Gasteiger partial charge in [-0.05, 0) is 75.4 Å². The van der Waals surface area contributed by atoms with E-state index in [2.05, 4.69) is 10.5 Å². The van der Waals surface area contributed by atoms with E-state index in [1.807, 2.05) is 24.5 Å². The number of nitrogens with zero attached hydrogens (tertiary/aromatic N) is 3. The van der Waals surface area contributed by atoms with E-state index in [1.54, 1.807) is 36.4 Å². The van der Waals surface area contributed by atoms with Crippen molar-refractivity contribution in [2.24, 2.45) is 5.10 Å². The third-order valence-corrected chi connectivity index (χ3v) is 6.59. The molecule has 0 aliphatic carbocycles. The molecule has 0 fully saturated rings. The van der Waals surface area contributed by atoms with Gasteiger partial charge in [0.1, 0.15) is 17.6 Å². The van der Waals surface area contributed by atoms with Gasteiger partial charge in [0, 0.05) is 22.6 Å². The summed E-state index contributed by atoms with van der Waals surface area (Å²) in [5.74, 6) is -0.343. The minimum Gasteiger partial charge on any atom is -0.497 e. The van der Waals surface area contributed by atoms with Gasteiger partial charge in [-0.1, -0.05) is 0 Å². The number of hydrazone groups is 1. The number of hydrogen-bond donors (Lipinski definition) is 1. The number of sulfonamides is 1. The molecule has 0 saturated carbocycles. The molecule has 2 aromatic carbocycles. The summed E-state index contributed by atoms with van der Waals surface area (Å²) in [6, 6.07) is 13.3. The van der Waals surface area contributed by atoms with Crippen molar-refractivity contribution in [2.45, 2.75) is 26.8 Å². The minimum atomic E-state index is -3.75. The van der Waals surface area contributed by atoms with E-state index in [0.29, 0.717) is 11.4 Å². The fourth-order valence-corrected chi connectivity index (χ4v) is 4.88. The zero-order chi connectivity index (χ0) is 25.0. The van der Waals surface area contributed by atoms with Crippen LogP contribution in [-0.2, 0) is 14.8 Å². The van der Waals surface area contributed by atoms with Crippen LogP contribution in [0.3, 0.4) is 0 Å². The number of rotatable bonds is 8. The highest BCUT2D eigenvalue weighted by atomic mass is 32.2. The molecular weight excluding hydrogens is 459 g/mol. The first-order valence-corrected chi connectivity index (χ1v) is 12.3. The lowest BCUT2D eigenvalue weighted by Gasteiger charge is -2.27. The Morgan fingerprint density at radius 2 is 1.76 bits per heavy atom. The molecule has 1 heterocycles. The van der Waals surface area contributed by atoms with Crippen molar-refractivity contribution in [2.75, 3.05) is 17.7 Å². The summed E-state index contributed by atoms with van der Waals surface area (Å²) in [4.78, 5) is 12.7. The summed E-state index contributed by atoms with van der Waals surface area (Å²) >= 11 is 0. The Morgan fingerprint density at radius 3 is 2.32 bits per heavy atom. The van der Waals surface area contributed by atoms with E-state index in [4.69, 9.17) is 4.74 Å². The smallest absolute Gasteiger partial charge is 0.263 e. The molecule has 3 rings (SSSR count). The second kappa shape index (κ2) is 10.1. The molecule has 34 heavy (non-hydrogen) atoms. The van der Waals surface area contributed by atoms with Crippen molar-refractivity contribution in [3.05, 3.63) is 77.4 Å². The van der Waals surface area contributed by atoms with Crippen molar-refractivity contribution < 1.29 is 22.3 Å². The molecule has 0 bridgehead atoms. The first-order valence-electron chi connectivity index (χ1n) is 10.4. The summed E-state index contributed by atoms with van der Waals surface area (Å²) < 4.78 is 46.2. The van der Waals surface area contributed by atoms with Crippen LogP contribution < -0.4 is 14.5 Å². The van der Waals surface area contributed by atoms with Gasteiger partial charge in [-0.25, -0.2) is 18.2 Å². The fourth-order valence-electron chi connectivity index (χ4n) is 3.70. The average Bonchev–Trinajstić information content (AvgIpc) is 3.07. The SMILES string of the molecule is COc1ccc(N([C@@H](C)C(=O)N/N=C\c2cc(C)n(-c3ccc(F)cc3)c2C)S(C)(=O)=O)cc1. The summed E-state index contributed by atoms with van der Waals surface area (Å²) in [6.07, 6.45) is 2.53. The third kappa shape index (κ3) is 5.45. The van der Waals surface area contributed by atoms with Crippen LogP contribution in [0.25, 0.3) is 5.69 Å². The number of aryl methyl sites for hydroxylation is 1. The first kappa shape index (κ1) is 25.0. The normalized spacial score (nSPS) is 12.5. The number of halogens is 1. The molecule has 1 amide bonds. The standard InChI is InChI=1S/C24H27FN4O4S/c1-16-14-19(17(2)28(16)21-8-6-20(25)7-9-21)15-26-27-24(30)18(3)29(34(5,31)32)22-10-12-23(33-4)13-11-22/h6-15,18H,1-5H3,(H,27,30)/b26-15-/t18-/m0/s1. The first-order chi connectivity index (χ1) is 16.0. The Bertz CT molecular complexity index is 1300. The van der Waals surface area contributed by atoms with Crippen LogP contribution in [0.2, 0.25) is 0 Å². The van der Waals surface area contributed by atoms with Crippen LogP contribution in [0.1, 0.15) is 23.9 Å². The molecule has 180 valence electrons. The van der Waals surface area contributed by atoms with Crippen molar-refractivity contribution in [3.8, 4) is 11.4 Å². The van der Waals surface area contributed by atoms with Gasteiger partial charge in [0.2, 0.25) is 10.0 Å². The predicted octanol–water partition coefficient (Wildman–Crippen LogP) is 3.55. The second-order valence-electron chi connectivity index (χ2n) is 7.81. The molecule has 0 aliphatic heterocycles. The molecule has 10 heteroatoms. The van der Waals surface area contributed by atoms with Crippen LogP contribution in [0, 0.1) is 19.7 Å². The maximum absolute atomic E-state index is 13.3. The molecule has 1 aromatic heterocycles. The molecule has 0 radical (unpaired) electrons. The van der Waals surface area contributed by atoms with E-state index in [-0.39, 0.29) is 5.82 Å². The van der Waals surface area contributed by atoms with Crippen LogP contribution in [-0.4, -0.2) is 44.5 Å². The van der Waals surface area contributed by atoms with E-state index in [9.17, 15) is 17.6 Å². The van der Waals surface area contributed by atoms with E-state index in [1.165, 1.54) is 32.4 Å². The fraction of sp³-hybridized carbons (Fsp3) is 0.250. The highest BCUT2D eigenvalue weighted by Crippen LogP contribution is 2.24. The Labute approximate surface area is 198 Å². The summed E-state index contributed by atoms with van der Waals surface area (Å²) in [5.41, 5.74) is 6.07. The van der Waals surface area contributed by atoms with Crippen molar-refractivity contribution in [1.29, 1.82) is 0 Å². The Hall–Kier alpha value is -3.66. The maximum atomic E-state index is 13.3. The van der Waals surface area contributed by atoms with Crippen LogP contribution in [0.4, 0.5) is 10.1 Å². The molecule has 0 spiro atoms. The van der Waals surface area contributed by atoms with Gasteiger partial charge < -0.3 is 9.30 Å². The number of ether oxygens (including phenoxy) is 1. The average molecular weight is 487 g/mol. The number of carbonyl (C=O) groups excluding carboxylic acids is 1. The van der Waals surface area contributed by atoms with Gasteiger partial charge in [0.15, 0.2) is 0 Å². The molecule has 1 N–H and O–H groups in total. The topological polar surface area (TPSA) is 93.0 Å². The van der Waals surface area contributed by atoms with Gasteiger partial charge in [0.05, 0.1) is 25.3 Å².